The molecular weight excluding hydrogens is 270 g/mol. The smallest absolute Gasteiger partial charge is 0.254 e. The quantitative estimate of drug-likeness (QED) is 0.868. The molecule has 104 valence electrons. The lowest BCUT2D eigenvalue weighted by Crippen LogP contribution is -2.38. The van der Waals surface area contributed by atoms with Crippen molar-refractivity contribution in [2.45, 2.75) is 19.1 Å². The third kappa shape index (κ3) is 2.76. The number of thiophene rings is 1. The minimum atomic E-state index is 0.0636. The summed E-state index contributed by atoms with van der Waals surface area (Å²) in [5.74, 6) is 0.0636. The van der Waals surface area contributed by atoms with E-state index in [0.717, 1.165) is 12.0 Å². The zero-order chi connectivity index (χ0) is 13.9. The average Bonchev–Trinajstić information content (AvgIpc) is 3.00. The monoisotopic (exact) mass is 287 g/mol. The van der Waals surface area contributed by atoms with Gasteiger partial charge in [0.2, 0.25) is 0 Å². The maximum absolute atomic E-state index is 12.2. The van der Waals surface area contributed by atoms with Gasteiger partial charge in [0.1, 0.15) is 0 Å². The molecule has 0 bridgehead atoms. The molecule has 0 spiro atoms. The molecule has 1 aliphatic heterocycles. The van der Waals surface area contributed by atoms with Crippen LogP contribution in [-0.4, -0.2) is 30.5 Å². The predicted octanol–water partition coefficient (Wildman–Crippen LogP) is 2.96. The second-order valence-corrected chi connectivity index (χ2v) is 5.88. The molecule has 3 rings (SSSR count). The van der Waals surface area contributed by atoms with Crippen LogP contribution in [0.4, 0.5) is 0 Å². The predicted molar refractivity (Wildman–Crippen MR) is 80.0 cm³/mol. The van der Waals surface area contributed by atoms with Gasteiger partial charge in [-0.15, -0.1) is 0 Å². The van der Waals surface area contributed by atoms with Gasteiger partial charge in [-0.2, -0.15) is 11.3 Å². The molecule has 0 saturated carbocycles. The highest BCUT2D eigenvalue weighted by Crippen LogP contribution is 2.21. The fraction of sp³-hybridized carbons (Fsp3) is 0.312. The highest BCUT2D eigenvalue weighted by Gasteiger charge is 2.22. The molecule has 2 aromatic rings. The van der Waals surface area contributed by atoms with Gasteiger partial charge in [-0.3, -0.25) is 4.79 Å². The Kier molecular flexibility index (Phi) is 3.85. The summed E-state index contributed by atoms with van der Waals surface area (Å²) in [6.45, 7) is 1.27. The van der Waals surface area contributed by atoms with Crippen molar-refractivity contribution in [3.8, 4) is 0 Å². The van der Waals surface area contributed by atoms with E-state index in [9.17, 15) is 4.79 Å². The zero-order valence-electron chi connectivity index (χ0n) is 11.4. The Balaban J connectivity index is 1.63. The van der Waals surface area contributed by atoms with E-state index in [2.05, 4.69) is 18.2 Å². The lowest BCUT2D eigenvalue weighted by molar-refractivity contribution is 0.00986. The minimum absolute atomic E-state index is 0.0636. The highest BCUT2D eigenvalue weighted by molar-refractivity contribution is 7.08. The Morgan fingerprint density at radius 1 is 1.35 bits per heavy atom. The molecule has 1 aliphatic rings. The summed E-state index contributed by atoms with van der Waals surface area (Å²) in [4.78, 5) is 14.0. The Labute approximate surface area is 122 Å². The Bertz CT molecular complexity index is 594. The molecule has 4 heteroatoms. The van der Waals surface area contributed by atoms with Crippen LogP contribution in [0.5, 0.6) is 0 Å². The number of rotatable bonds is 3. The van der Waals surface area contributed by atoms with Gasteiger partial charge in [0.15, 0.2) is 0 Å². The molecule has 1 aromatic carbocycles. The fourth-order valence-corrected chi connectivity index (χ4v) is 3.15. The third-order valence-electron chi connectivity index (χ3n) is 3.63. The summed E-state index contributed by atoms with van der Waals surface area (Å²) in [6, 6.07) is 10.2. The zero-order valence-corrected chi connectivity index (χ0v) is 12.2. The first-order valence-corrected chi connectivity index (χ1v) is 7.64. The first-order valence-electron chi connectivity index (χ1n) is 6.70. The van der Waals surface area contributed by atoms with Crippen LogP contribution < -0.4 is 0 Å². The van der Waals surface area contributed by atoms with Gasteiger partial charge in [-0.05, 0) is 22.6 Å². The van der Waals surface area contributed by atoms with E-state index in [4.69, 9.17) is 4.74 Å². The highest BCUT2D eigenvalue weighted by atomic mass is 32.1. The van der Waals surface area contributed by atoms with E-state index >= 15 is 0 Å². The molecular formula is C16H17NO2S. The standard InChI is InChI=1S/C16H17NO2S/c1-17(16(18)14-6-7-20-11-14)9-15-8-12-4-2-3-5-13(12)10-19-15/h2-7,11,15H,8-10H2,1H3. The molecule has 1 aromatic heterocycles. The molecule has 1 amide bonds. The number of benzene rings is 1. The van der Waals surface area contributed by atoms with Crippen LogP contribution in [0.3, 0.4) is 0 Å². The molecule has 0 fully saturated rings. The van der Waals surface area contributed by atoms with E-state index < -0.39 is 0 Å². The summed E-state index contributed by atoms with van der Waals surface area (Å²) in [7, 11) is 1.84. The normalized spacial score (nSPS) is 17.6. The second kappa shape index (κ2) is 5.77. The van der Waals surface area contributed by atoms with Crippen LogP contribution in [0.1, 0.15) is 21.5 Å². The van der Waals surface area contributed by atoms with Crippen molar-refractivity contribution in [1.82, 2.24) is 4.90 Å². The van der Waals surface area contributed by atoms with E-state index in [1.54, 1.807) is 16.2 Å². The maximum Gasteiger partial charge on any atom is 0.254 e. The summed E-state index contributed by atoms with van der Waals surface area (Å²) in [5.41, 5.74) is 3.35. The molecule has 0 aliphatic carbocycles. The van der Waals surface area contributed by atoms with Crippen LogP contribution in [0, 0.1) is 0 Å². The minimum Gasteiger partial charge on any atom is -0.371 e. The summed E-state index contributed by atoms with van der Waals surface area (Å²) in [6.07, 6.45) is 0.953. The van der Waals surface area contributed by atoms with Gasteiger partial charge in [-0.1, -0.05) is 24.3 Å². The first kappa shape index (κ1) is 13.3. The van der Waals surface area contributed by atoms with Crippen LogP contribution in [0.15, 0.2) is 41.1 Å². The number of ether oxygens (including phenoxy) is 1. The molecule has 1 atom stereocenters. The number of nitrogens with zero attached hydrogens (tertiary/aromatic N) is 1. The number of hydrogen-bond donors (Lipinski definition) is 0. The van der Waals surface area contributed by atoms with Crippen molar-refractivity contribution < 1.29 is 9.53 Å². The average molecular weight is 287 g/mol. The number of carbonyl (C=O) groups is 1. The number of carbonyl (C=O) groups excluding carboxylic acids is 1. The Morgan fingerprint density at radius 3 is 2.90 bits per heavy atom. The summed E-state index contributed by atoms with van der Waals surface area (Å²) in [5, 5.41) is 3.81. The largest absolute Gasteiger partial charge is 0.371 e. The molecule has 0 N–H and O–H groups in total. The molecule has 20 heavy (non-hydrogen) atoms. The molecule has 0 saturated heterocycles. The van der Waals surface area contributed by atoms with E-state index in [-0.39, 0.29) is 12.0 Å². The Hall–Kier alpha value is -1.65. The van der Waals surface area contributed by atoms with Gasteiger partial charge < -0.3 is 9.64 Å². The second-order valence-electron chi connectivity index (χ2n) is 5.10. The summed E-state index contributed by atoms with van der Waals surface area (Å²) < 4.78 is 5.85. The van der Waals surface area contributed by atoms with E-state index in [0.29, 0.717) is 13.2 Å². The van der Waals surface area contributed by atoms with Crippen molar-refractivity contribution in [2.75, 3.05) is 13.6 Å². The molecule has 1 unspecified atom stereocenters. The van der Waals surface area contributed by atoms with Gasteiger partial charge in [0.05, 0.1) is 18.3 Å². The van der Waals surface area contributed by atoms with Crippen molar-refractivity contribution in [3.63, 3.8) is 0 Å². The van der Waals surface area contributed by atoms with Gasteiger partial charge in [0.25, 0.3) is 5.91 Å². The summed E-state index contributed by atoms with van der Waals surface area (Å²) >= 11 is 1.54. The number of likely N-dealkylation sites (N-methyl/N-ethyl adjacent to an activating group) is 1. The lowest BCUT2D eigenvalue weighted by atomic mass is 9.99. The third-order valence-corrected chi connectivity index (χ3v) is 4.32. The number of hydrogen-bond acceptors (Lipinski definition) is 3. The molecule has 2 heterocycles. The first-order chi connectivity index (χ1) is 9.74. The van der Waals surface area contributed by atoms with Crippen molar-refractivity contribution in [1.29, 1.82) is 0 Å². The van der Waals surface area contributed by atoms with Gasteiger partial charge >= 0.3 is 0 Å². The van der Waals surface area contributed by atoms with Crippen molar-refractivity contribution >= 4 is 17.2 Å². The topological polar surface area (TPSA) is 29.5 Å². The van der Waals surface area contributed by atoms with Crippen LogP contribution in [0.2, 0.25) is 0 Å². The molecule has 0 radical (unpaired) electrons. The van der Waals surface area contributed by atoms with Crippen LogP contribution >= 0.6 is 11.3 Å². The Morgan fingerprint density at radius 2 is 2.15 bits per heavy atom. The van der Waals surface area contributed by atoms with E-state index in [1.165, 1.54) is 11.1 Å². The SMILES string of the molecule is CN(CC1Cc2ccccc2CO1)C(=O)c1ccsc1. The van der Waals surface area contributed by atoms with Crippen molar-refractivity contribution in [3.05, 3.63) is 57.8 Å². The van der Waals surface area contributed by atoms with Crippen LogP contribution in [0.25, 0.3) is 0 Å². The number of amides is 1. The van der Waals surface area contributed by atoms with Gasteiger partial charge in [-0.25, -0.2) is 0 Å². The van der Waals surface area contributed by atoms with Gasteiger partial charge in [0, 0.05) is 25.4 Å². The van der Waals surface area contributed by atoms with Crippen LogP contribution in [-0.2, 0) is 17.8 Å². The maximum atomic E-state index is 12.2. The van der Waals surface area contributed by atoms with Crippen molar-refractivity contribution in [2.24, 2.45) is 0 Å². The number of fused-ring (bicyclic) bond motifs is 1. The van der Waals surface area contributed by atoms with E-state index in [1.807, 2.05) is 29.9 Å². The lowest BCUT2D eigenvalue weighted by Gasteiger charge is -2.29. The fourth-order valence-electron chi connectivity index (χ4n) is 2.52. The molecule has 3 nitrogen and oxygen atoms in total.